The van der Waals surface area contributed by atoms with Crippen LogP contribution in [-0.2, 0) is 12.0 Å². The highest BCUT2D eigenvalue weighted by Gasteiger charge is 2.35. The monoisotopic (exact) mass is 344 g/mol. The maximum atomic E-state index is 6.37. The lowest BCUT2D eigenvalue weighted by Crippen LogP contribution is -2.33. The minimum absolute atomic E-state index is 0.478. The summed E-state index contributed by atoms with van der Waals surface area (Å²) < 4.78 is 28.0. The van der Waals surface area contributed by atoms with Crippen molar-refractivity contribution in [1.82, 2.24) is 0 Å². The van der Waals surface area contributed by atoms with Crippen LogP contribution in [0.2, 0.25) is 0 Å². The Morgan fingerprint density at radius 2 is 1.56 bits per heavy atom. The molecule has 25 heavy (non-hydrogen) atoms. The second-order valence-corrected chi connectivity index (χ2v) is 6.22. The molecule has 1 aliphatic heterocycles. The summed E-state index contributed by atoms with van der Waals surface area (Å²) in [5.41, 5.74) is 1.67. The van der Waals surface area contributed by atoms with Crippen molar-refractivity contribution in [3.8, 4) is 28.7 Å². The summed E-state index contributed by atoms with van der Waals surface area (Å²) in [6, 6.07) is 9.82. The molecule has 0 amide bonds. The minimum Gasteiger partial charge on any atom is -0.497 e. The first-order chi connectivity index (χ1) is 12.0. The fourth-order valence-corrected chi connectivity index (χ4v) is 3.23. The second kappa shape index (κ2) is 6.75. The number of fused-ring (bicyclic) bond motifs is 1. The van der Waals surface area contributed by atoms with Crippen LogP contribution in [0.25, 0.3) is 0 Å². The molecular weight excluding hydrogens is 320 g/mol. The Bertz CT molecular complexity index is 746. The van der Waals surface area contributed by atoms with Crippen molar-refractivity contribution in [3.05, 3.63) is 41.5 Å². The highest BCUT2D eigenvalue weighted by atomic mass is 16.5. The molecule has 0 radical (unpaired) electrons. The van der Waals surface area contributed by atoms with Gasteiger partial charge in [-0.2, -0.15) is 0 Å². The number of rotatable bonds is 5. The van der Waals surface area contributed by atoms with Crippen LogP contribution in [0.15, 0.2) is 30.3 Å². The van der Waals surface area contributed by atoms with Gasteiger partial charge >= 0.3 is 0 Å². The average Bonchev–Trinajstić information content (AvgIpc) is 2.66. The average molecular weight is 344 g/mol. The number of hydrogen-bond acceptors (Lipinski definition) is 5. The van der Waals surface area contributed by atoms with E-state index in [-0.39, 0.29) is 0 Å². The lowest BCUT2D eigenvalue weighted by atomic mass is 9.86. The fraction of sp³-hybridized carbons (Fsp3) is 0.400. The van der Waals surface area contributed by atoms with Crippen LogP contribution in [0.5, 0.6) is 28.7 Å². The number of ether oxygens (including phenoxy) is 5. The molecule has 3 rings (SSSR count). The van der Waals surface area contributed by atoms with Crippen LogP contribution in [-0.4, -0.2) is 28.4 Å². The first-order valence-corrected chi connectivity index (χ1v) is 8.21. The van der Waals surface area contributed by atoms with Crippen molar-refractivity contribution in [3.63, 3.8) is 0 Å². The fourth-order valence-electron chi connectivity index (χ4n) is 3.23. The molecule has 0 saturated heterocycles. The first kappa shape index (κ1) is 17.3. The molecule has 2 aromatic rings. The molecule has 0 bridgehead atoms. The Labute approximate surface area is 148 Å². The van der Waals surface area contributed by atoms with Crippen LogP contribution in [0.1, 0.15) is 24.5 Å². The van der Waals surface area contributed by atoms with Crippen molar-refractivity contribution in [2.45, 2.75) is 25.4 Å². The van der Waals surface area contributed by atoms with Gasteiger partial charge in [0.2, 0.25) is 5.75 Å². The van der Waals surface area contributed by atoms with Gasteiger partial charge in [0.05, 0.1) is 28.4 Å². The van der Waals surface area contributed by atoms with E-state index in [1.165, 1.54) is 0 Å². The molecule has 1 aliphatic rings. The van der Waals surface area contributed by atoms with Crippen molar-refractivity contribution in [1.29, 1.82) is 0 Å². The molecule has 0 N–H and O–H groups in total. The molecule has 0 aromatic heterocycles. The highest BCUT2D eigenvalue weighted by molar-refractivity contribution is 5.55. The van der Waals surface area contributed by atoms with Gasteiger partial charge in [0.25, 0.3) is 0 Å². The van der Waals surface area contributed by atoms with Crippen molar-refractivity contribution >= 4 is 0 Å². The predicted molar refractivity (Wildman–Crippen MR) is 95.4 cm³/mol. The molecule has 5 heteroatoms. The first-order valence-electron chi connectivity index (χ1n) is 8.21. The number of benzene rings is 2. The van der Waals surface area contributed by atoms with E-state index in [4.69, 9.17) is 23.7 Å². The van der Waals surface area contributed by atoms with Gasteiger partial charge in [-0.15, -0.1) is 0 Å². The Kier molecular flexibility index (Phi) is 4.66. The van der Waals surface area contributed by atoms with E-state index in [1.54, 1.807) is 28.4 Å². The molecule has 0 spiro atoms. The van der Waals surface area contributed by atoms with Crippen LogP contribution in [0, 0.1) is 0 Å². The van der Waals surface area contributed by atoms with E-state index in [9.17, 15) is 0 Å². The quantitative estimate of drug-likeness (QED) is 0.821. The predicted octanol–water partition coefficient (Wildman–Crippen LogP) is 3.96. The SMILES string of the molecule is COc1ccc2c(c1)CCC(C)(c1cc(OC)c(OC)c(OC)c1)O2. The molecule has 1 unspecified atom stereocenters. The molecular formula is C20H24O5. The summed E-state index contributed by atoms with van der Waals surface area (Å²) in [7, 11) is 6.51. The van der Waals surface area contributed by atoms with Gasteiger partial charge in [0.15, 0.2) is 11.5 Å². The van der Waals surface area contributed by atoms with E-state index >= 15 is 0 Å². The van der Waals surface area contributed by atoms with Gasteiger partial charge in [-0.3, -0.25) is 0 Å². The number of hydrogen-bond donors (Lipinski definition) is 0. The van der Waals surface area contributed by atoms with E-state index < -0.39 is 5.60 Å². The van der Waals surface area contributed by atoms with E-state index in [2.05, 4.69) is 6.92 Å². The summed E-state index contributed by atoms with van der Waals surface area (Å²) >= 11 is 0. The summed E-state index contributed by atoms with van der Waals surface area (Å²) in [4.78, 5) is 0. The van der Waals surface area contributed by atoms with Gasteiger partial charge in [-0.05, 0) is 55.7 Å². The molecule has 2 aromatic carbocycles. The third-order valence-electron chi connectivity index (χ3n) is 4.75. The standard InChI is InChI=1S/C20H24O5/c1-20(9-8-13-10-15(21-2)6-7-16(13)25-20)14-11-17(22-3)19(24-5)18(12-14)23-4/h6-7,10-12H,8-9H2,1-5H3. The van der Waals surface area contributed by atoms with Gasteiger partial charge in [0.1, 0.15) is 17.1 Å². The lowest BCUT2D eigenvalue weighted by molar-refractivity contribution is 0.0618. The second-order valence-electron chi connectivity index (χ2n) is 6.22. The third-order valence-corrected chi connectivity index (χ3v) is 4.75. The minimum atomic E-state index is -0.478. The Morgan fingerprint density at radius 3 is 2.12 bits per heavy atom. The maximum Gasteiger partial charge on any atom is 0.203 e. The van der Waals surface area contributed by atoms with Gasteiger partial charge in [-0.25, -0.2) is 0 Å². The summed E-state index contributed by atoms with van der Waals surface area (Å²) in [6.07, 6.45) is 1.74. The smallest absolute Gasteiger partial charge is 0.203 e. The molecule has 0 fully saturated rings. The summed E-state index contributed by atoms with van der Waals surface area (Å²) in [6.45, 7) is 2.08. The third kappa shape index (κ3) is 3.06. The van der Waals surface area contributed by atoms with Crippen molar-refractivity contribution in [2.75, 3.05) is 28.4 Å². The zero-order valence-corrected chi connectivity index (χ0v) is 15.3. The van der Waals surface area contributed by atoms with Gasteiger partial charge in [0, 0.05) is 5.56 Å². The number of aryl methyl sites for hydroxylation is 1. The van der Waals surface area contributed by atoms with Gasteiger partial charge in [-0.1, -0.05) is 0 Å². The van der Waals surface area contributed by atoms with Crippen LogP contribution < -0.4 is 23.7 Å². The summed E-state index contributed by atoms with van der Waals surface area (Å²) in [5.74, 6) is 3.56. The van der Waals surface area contributed by atoms with E-state index in [1.807, 2.05) is 30.3 Å². The Morgan fingerprint density at radius 1 is 0.880 bits per heavy atom. The molecule has 1 atom stereocenters. The van der Waals surface area contributed by atoms with Crippen LogP contribution in [0.3, 0.4) is 0 Å². The lowest BCUT2D eigenvalue weighted by Gasteiger charge is -2.36. The largest absolute Gasteiger partial charge is 0.497 e. The Balaban J connectivity index is 2.01. The topological polar surface area (TPSA) is 46.2 Å². The van der Waals surface area contributed by atoms with E-state index in [0.717, 1.165) is 35.5 Å². The van der Waals surface area contributed by atoms with Crippen LogP contribution >= 0.6 is 0 Å². The maximum absolute atomic E-state index is 6.37. The summed E-state index contributed by atoms with van der Waals surface area (Å²) in [5, 5.41) is 0. The van der Waals surface area contributed by atoms with Crippen molar-refractivity contribution < 1.29 is 23.7 Å². The number of methoxy groups -OCH3 is 4. The van der Waals surface area contributed by atoms with Gasteiger partial charge < -0.3 is 23.7 Å². The van der Waals surface area contributed by atoms with Crippen LogP contribution in [0.4, 0.5) is 0 Å². The zero-order chi connectivity index (χ0) is 18.0. The Hall–Kier alpha value is -2.56. The zero-order valence-electron chi connectivity index (χ0n) is 15.3. The van der Waals surface area contributed by atoms with E-state index in [0.29, 0.717) is 17.2 Å². The molecule has 0 aliphatic carbocycles. The molecule has 5 nitrogen and oxygen atoms in total. The highest BCUT2D eigenvalue weighted by Crippen LogP contribution is 2.46. The normalized spacial score (nSPS) is 18.8. The molecule has 1 heterocycles. The molecule has 134 valence electrons. The molecule has 0 saturated carbocycles. The van der Waals surface area contributed by atoms with Crippen molar-refractivity contribution in [2.24, 2.45) is 0 Å².